The Kier molecular flexibility index (Phi) is 6.39. The van der Waals surface area contributed by atoms with E-state index in [2.05, 4.69) is 15.4 Å². The molecule has 0 fully saturated rings. The van der Waals surface area contributed by atoms with Gasteiger partial charge in [-0.05, 0) is 44.5 Å². The van der Waals surface area contributed by atoms with Crippen LogP contribution in [0.15, 0.2) is 35.7 Å². The second kappa shape index (κ2) is 9.24. The molecule has 33 heavy (non-hydrogen) atoms. The van der Waals surface area contributed by atoms with Crippen LogP contribution in [0.3, 0.4) is 0 Å². The molecule has 0 saturated heterocycles. The molecule has 3 heterocycles. The zero-order valence-corrected chi connectivity index (χ0v) is 19.2. The first-order chi connectivity index (χ1) is 15.7. The van der Waals surface area contributed by atoms with Crippen LogP contribution in [0.1, 0.15) is 43.9 Å². The van der Waals surface area contributed by atoms with Gasteiger partial charge < -0.3 is 15.8 Å². The molecule has 0 aliphatic carbocycles. The van der Waals surface area contributed by atoms with Gasteiger partial charge in [-0.3, -0.25) is 4.79 Å². The summed E-state index contributed by atoms with van der Waals surface area (Å²) >= 11 is 1.50. The molecule has 0 radical (unpaired) electrons. The molecule has 10 heteroatoms. The highest BCUT2D eigenvalue weighted by Gasteiger charge is 2.21. The van der Waals surface area contributed by atoms with Crippen LogP contribution in [0, 0.1) is 32.4 Å². The van der Waals surface area contributed by atoms with Crippen molar-refractivity contribution in [1.29, 1.82) is 0 Å². The smallest absolute Gasteiger partial charge is 0.255 e. The average Bonchev–Trinajstić information content (AvgIpc) is 3.34. The van der Waals surface area contributed by atoms with Crippen molar-refractivity contribution in [3.8, 4) is 5.88 Å². The van der Waals surface area contributed by atoms with Crippen LogP contribution in [-0.4, -0.2) is 27.0 Å². The number of nitrogens with one attached hydrogen (secondary N) is 1. The molecule has 4 aromatic rings. The molecule has 4 rings (SSSR count). The number of aromatic nitrogens is 3. The number of rotatable bonds is 7. The van der Waals surface area contributed by atoms with Crippen molar-refractivity contribution in [3.63, 3.8) is 0 Å². The van der Waals surface area contributed by atoms with Crippen molar-refractivity contribution >= 4 is 22.8 Å². The lowest BCUT2D eigenvalue weighted by Gasteiger charge is -2.12. The minimum absolute atomic E-state index is 0.180. The van der Waals surface area contributed by atoms with Gasteiger partial charge in [-0.25, -0.2) is 13.8 Å². The molecule has 3 aromatic heterocycles. The third-order valence-electron chi connectivity index (χ3n) is 5.17. The molecule has 0 aliphatic heterocycles. The molecule has 0 saturated carbocycles. The number of carbonyl (C=O) groups excluding carboxylic acids is 1. The molecule has 1 amide bonds. The normalized spacial score (nSPS) is 12.2. The summed E-state index contributed by atoms with van der Waals surface area (Å²) in [4.78, 5) is 17.4. The Balaban J connectivity index is 1.58. The number of pyridine rings is 1. The Hall–Kier alpha value is -3.37. The molecule has 172 valence electrons. The maximum absolute atomic E-state index is 14.0. The number of ether oxygens (including phenoxy) is 1. The van der Waals surface area contributed by atoms with Gasteiger partial charge in [0, 0.05) is 18.0 Å². The third kappa shape index (κ3) is 4.71. The Bertz CT molecular complexity index is 1310. The monoisotopic (exact) mass is 471 g/mol. The maximum atomic E-state index is 14.0. The fourth-order valence-electron chi connectivity index (χ4n) is 3.51. The quantitative estimate of drug-likeness (QED) is 0.425. The second-order valence-corrected chi connectivity index (χ2v) is 8.79. The number of hydrogen-bond acceptors (Lipinski definition) is 6. The highest BCUT2D eigenvalue weighted by molar-refractivity contribution is 7.09. The number of halogens is 2. The van der Waals surface area contributed by atoms with Crippen LogP contribution in [0.5, 0.6) is 5.88 Å². The highest BCUT2D eigenvalue weighted by atomic mass is 32.1. The topological polar surface area (TPSA) is 94.5 Å². The van der Waals surface area contributed by atoms with E-state index in [9.17, 15) is 13.6 Å². The number of carbonyl (C=O) groups is 1. The van der Waals surface area contributed by atoms with E-state index in [1.165, 1.54) is 34.1 Å². The number of thiazole rings is 1. The standard InChI is InChI=1S/C23H23F2N5O2S/c1-12-7-20-22(23(31)27-9-18(26)19-11-33-14(3)28-19)13(2)29-30(20)21(8-12)32-10-15-16(24)5-4-6-17(15)25/h4-8,11,18H,9-10,26H2,1-3H3,(H,27,31). The predicted molar refractivity (Wildman–Crippen MR) is 121 cm³/mol. The van der Waals surface area contributed by atoms with Crippen LogP contribution >= 0.6 is 11.3 Å². The van der Waals surface area contributed by atoms with Crippen LogP contribution in [-0.2, 0) is 6.61 Å². The summed E-state index contributed by atoms with van der Waals surface area (Å²) in [7, 11) is 0. The van der Waals surface area contributed by atoms with E-state index in [1.807, 2.05) is 19.2 Å². The van der Waals surface area contributed by atoms with Gasteiger partial charge in [-0.1, -0.05) is 6.07 Å². The molecule has 3 N–H and O–H groups in total. The summed E-state index contributed by atoms with van der Waals surface area (Å²) in [5.41, 5.74) is 8.88. The SMILES string of the molecule is Cc1cc(OCc2c(F)cccc2F)n2nc(C)c(C(=O)NCC(N)c3csc(C)n3)c2c1. The van der Waals surface area contributed by atoms with Crippen molar-refractivity contribution in [2.75, 3.05) is 6.54 Å². The Morgan fingerprint density at radius 1 is 1.24 bits per heavy atom. The summed E-state index contributed by atoms with van der Waals surface area (Å²) in [5.74, 6) is -1.45. The minimum atomic E-state index is -0.692. The first-order valence-electron chi connectivity index (χ1n) is 10.3. The number of amides is 1. The van der Waals surface area contributed by atoms with E-state index in [0.717, 1.165) is 16.3 Å². The maximum Gasteiger partial charge on any atom is 0.255 e. The molecule has 1 unspecified atom stereocenters. The average molecular weight is 472 g/mol. The van der Waals surface area contributed by atoms with Gasteiger partial charge in [0.15, 0.2) is 0 Å². The van der Waals surface area contributed by atoms with Crippen molar-refractivity contribution in [1.82, 2.24) is 19.9 Å². The number of hydrogen-bond donors (Lipinski definition) is 2. The zero-order chi connectivity index (χ0) is 23.7. The molecule has 1 aromatic carbocycles. The van der Waals surface area contributed by atoms with Gasteiger partial charge in [0.1, 0.15) is 18.2 Å². The van der Waals surface area contributed by atoms with Crippen molar-refractivity contribution in [2.45, 2.75) is 33.4 Å². The van der Waals surface area contributed by atoms with E-state index in [0.29, 0.717) is 16.8 Å². The first-order valence-corrected chi connectivity index (χ1v) is 11.1. The highest BCUT2D eigenvalue weighted by Crippen LogP contribution is 2.25. The lowest BCUT2D eigenvalue weighted by molar-refractivity contribution is 0.0952. The van der Waals surface area contributed by atoms with Gasteiger partial charge >= 0.3 is 0 Å². The van der Waals surface area contributed by atoms with E-state index >= 15 is 0 Å². The summed E-state index contributed by atoms with van der Waals surface area (Å²) in [6.45, 7) is 5.33. The summed E-state index contributed by atoms with van der Waals surface area (Å²) in [6, 6.07) is 6.70. The fourth-order valence-corrected chi connectivity index (χ4v) is 4.18. The van der Waals surface area contributed by atoms with Crippen molar-refractivity contribution < 1.29 is 18.3 Å². The number of aryl methyl sites for hydroxylation is 3. The number of benzene rings is 1. The Morgan fingerprint density at radius 2 is 1.97 bits per heavy atom. The van der Waals surface area contributed by atoms with E-state index < -0.39 is 17.7 Å². The van der Waals surface area contributed by atoms with Gasteiger partial charge in [0.2, 0.25) is 5.88 Å². The van der Waals surface area contributed by atoms with E-state index in [4.69, 9.17) is 10.5 Å². The zero-order valence-electron chi connectivity index (χ0n) is 18.4. The Labute approximate surface area is 193 Å². The van der Waals surface area contributed by atoms with Crippen molar-refractivity contribution in [2.24, 2.45) is 5.73 Å². The van der Waals surface area contributed by atoms with Gasteiger partial charge in [-0.2, -0.15) is 9.61 Å². The molecule has 7 nitrogen and oxygen atoms in total. The molecule has 0 bridgehead atoms. The number of nitrogens with two attached hydrogens (primary N) is 1. The fraction of sp³-hybridized carbons (Fsp3) is 0.261. The second-order valence-electron chi connectivity index (χ2n) is 7.73. The van der Waals surface area contributed by atoms with Gasteiger partial charge in [-0.15, -0.1) is 11.3 Å². The molecular weight excluding hydrogens is 448 g/mol. The molecule has 0 spiro atoms. The lowest BCUT2D eigenvalue weighted by atomic mass is 10.1. The van der Waals surface area contributed by atoms with Crippen LogP contribution < -0.4 is 15.8 Å². The van der Waals surface area contributed by atoms with Crippen molar-refractivity contribution in [3.05, 3.63) is 80.4 Å². The van der Waals surface area contributed by atoms with Crippen LogP contribution in [0.25, 0.3) is 5.52 Å². The first kappa shape index (κ1) is 22.8. The predicted octanol–water partition coefficient (Wildman–Crippen LogP) is 4.00. The molecular formula is C23H23F2N5O2S. The van der Waals surface area contributed by atoms with Gasteiger partial charge in [0.05, 0.1) is 39.1 Å². The summed E-state index contributed by atoms with van der Waals surface area (Å²) < 4.78 is 35.1. The number of nitrogens with zero attached hydrogens (tertiary/aromatic N) is 3. The Morgan fingerprint density at radius 3 is 2.64 bits per heavy atom. The summed E-state index contributed by atoms with van der Waals surface area (Å²) in [6.07, 6.45) is 0. The van der Waals surface area contributed by atoms with E-state index in [1.54, 1.807) is 19.1 Å². The summed E-state index contributed by atoms with van der Waals surface area (Å²) in [5, 5.41) is 10.0. The third-order valence-corrected chi connectivity index (χ3v) is 5.96. The number of fused-ring (bicyclic) bond motifs is 1. The minimum Gasteiger partial charge on any atom is -0.473 e. The van der Waals surface area contributed by atoms with Gasteiger partial charge in [0.25, 0.3) is 5.91 Å². The van der Waals surface area contributed by atoms with Crippen LogP contribution in [0.4, 0.5) is 8.78 Å². The molecule has 1 atom stereocenters. The largest absolute Gasteiger partial charge is 0.473 e. The van der Waals surface area contributed by atoms with E-state index in [-0.39, 0.29) is 30.5 Å². The molecule has 0 aliphatic rings. The lowest BCUT2D eigenvalue weighted by Crippen LogP contribution is -2.32. The van der Waals surface area contributed by atoms with Crippen LogP contribution in [0.2, 0.25) is 0 Å².